The topological polar surface area (TPSA) is 17.1 Å². The van der Waals surface area contributed by atoms with Gasteiger partial charge in [-0.2, -0.15) is 13.2 Å². The number of carbonyl (C=O) groups excluding carboxylic acids is 1. The molecule has 0 fully saturated rings. The number of carbonyl (C=O) groups is 1. The fourth-order valence-corrected chi connectivity index (χ4v) is 3.34. The summed E-state index contributed by atoms with van der Waals surface area (Å²) in [6, 6.07) is 21.0. The Labute approximate surface area is 160 Å². The molecule has 0 saturated heterocycles. The Morgan fingerprint density at radius 3 is 2.00 bits per heavy atom. The number of alkyl halides is 3. The lowest BCUT2D eigenvalue weighted by atomic mass is 9.77. The molecule has 27 heavy (non-hydrogen) atoms. The second kappa shape index (κ2) is 7.97. The Morgan fingerprint density at radius 1 is 0.778 bits per heavy atom. The van der Waals surface area contributed by atoms with E-state index in [9.17, 15) is 18.0 Å². The summed E-state index contributed by atoms with van der Waals surface area (Å²) in [4.78, 5) is 12.0. The first-order chi connectivity index (χ1) is 12.9. The molecule has 5 heteroatoms. The summed E-state index contributed by atoms with van der Waals surface area (Å²) in [5, 5.41) is 0.527. The molecule has 0 spiro atoms. The van der Waals surface area contributed by atoms with E-state index < -0.39 is 23.6 Å². The number of rotatable bonds is 5. The maximum absolute atomic E-state index is 13.2. The Hall–Kier alpha value is -2.59. The molecule has 3 aromatic rings. The monoisotopic (exact) mass is 388 g/mol. The molecule has 0 aromatic heterocycles. The van der Waals surface area contributed by atoms with Crippen LogP contribution in [0.25, 0.3) is 0 Å². The third-order valence-corrected chi connectivity index (χ3v) is 4.74. The van der Waals surface area contributed by atoms with E-state index in [0.29, 0.717) is 16.1 Å². The zero-order valence-electron chi connectivity index (χ0n) is 14.2. The molecule has 0 aliphatic heterocycles. The van der Waals surface area contributed by atoms with Crippen molar-refractivity contribution in [1.29, 1.82) is 0 Å². The Bertz CT molecular complexity index is 905. The van der Waals surface area contributed by atoms with Gasteiger partial charge >= 0.3 is 6.18 Å². The maximum Gasteiger partial charge on any atom is 0.416 e. The number of hydrogen-bond acceptors (Lipinski definition) is 1. The van der Waals surface area contributed by atoms with Crippen LogP contribution in [0, 0.1) is 0 Å². The molecule has 0 amide bonds. The van der Waals surface area contributed by atoms with Crippen molar-refractivity contribution in [1.82, 2.24) is 0 Å². The van der Waals surface area contributed by atoms with Gasteiger partial charge in [-0.25, -0.2) is 0 Å². The molecule has 3 aromatic carbocycles. The van der Waals surface area contributed by atoms with Crippen LogP contribution < -0.4 is 0 Å². The first-order valence-corrected chi connectivity index (χ1v) is 8.71. The van der Waals surface area contributed by atoms with Gasteiger partial charge in [0.1, 0.15) is 6.29 Å². The summed E-state index contributed by atoms with van der Waals surface area (Å²) in [5.41, 5.74) is 1.16. The summed E-state index contributed by atoms with van der Waals surface area (Å²) >= 11 is 5.93. The average Bonchev–Trinajstić information content (AvgIpc) is 2.67. The van der Waals surface area contributed by atoms with Crippen LogP contribution >= 0.6 is 11.6 Å². The van der Waals surface area contributed by atoms with Crippen molar-refractivity contribution in [3.05, 3.63) is 106 Å². The van der Waals surface area contributed by atoms with Gasteiger partial charge in [-0.15, -0.1) is 0 Å². The highest BCUT2D eigenvalue weighted by Crippen LogP contribution is 2.39. The molecule has 0 aliphatic rings. The lowest BCUT2D eigenvalue weighted by Gasteiger charge is -2.25. The number of benzene rings is 3. The smallest absolute Gasteiger partial charge is 0.303 e. The minimum atomic E-state index is -4.45. The quantitative estimate of drug-likeness (QED) is 0.457. The predicted molar refractivity (Wildman–Crippen MR) is 100.0 cm³/mol. The zero-order valence-corrected chi connectivity index (χ0v) is 14.9. The minimum Gasteiger partial charge on any atom is -0.303 e. The molecule has 0 saturated carbocycles. The van der Waals surface area contributed by atoms with Gasteiger partial charge in [0.2, 0.25) is 0 Å². The van der Waals surface area contributed by atoms with Gasteiger partial charge in [-0.1, -0.05) is 72.3 Å². The number of halogens is 4. The molecule has 138 valence electrons. The van der Waals surface area contributed by atoms with Crippen LogP contribution in [0.15, 0.2) is 78.9 Å². The van der Waals surface area contributed by atoms with Gasteiger partial charge < -0.3 is 4.79 Å². The Morgan fingerprint density at radius 2 is 1.41 bits per heavy atom. The zero-order chi connectivity index (χ0) is 19.4. The van der Waals surface area contributed by atoms with E-state index in [4.69, 9.17) is 11.6 Å². The van der Waals surface area contributed by atoms with E-state index >= 15 is 0 Å². The van der Waals surface area contributed by atoms with Gasteiger partial charge in [0, 0.05) is 10.9 Å². The number of aldehydes is 1. The fourth-order valence-electron chi connectivity index (χ4n) is 3.21. The summed E-state index contributed by atoms with van der Waals surface area (Å²) in [7, 11) is 0. The third-order valence-electron chi connectivity index (χ3n) is 4.49. The van der Waals surface area contributed by atoms with Gasteiger partial charge in [0.05, 0.1) is 11.5 Å². The maximum atomic E-state index is 13.2. The van der Waals surface area contributed by atoms with Gasteiger partial charge in [-0.05, 0) is 34.9 Å². The lowest BCUT2D eigenvalue weighted by molar-refractivity contribution is -0.137. The molecular formula is C22H16ClF3O. The second-order valence-electron chi connectivity index (χ2n) is 6.22. The molecule has 0 aliphatic carbocycles. The molecule has 1 nitrogen and oxygen atoms in total. The van der Waals surface area contributed by atoms with Crippen molar-refractivity contribution in [3.63, 3.8) is 0 Å². The van der Waals surface area contributed by atoms with Crippen molar-refractivity contribution < 1.29 is 18.0 Å². The van der Waals surface area contributed by atoms with Crippen LogP contribution in [0.3, 0.4) is 0 Å². The van der Waals surface area contributed by atoms with Crippen molar-refractivity contribution in [3.8, 4) is 0 Å². The lowest BCUT2D eigenvalue weighted by Crippen LogP contribution is -2.15. The van der Waals surface area contributed by atoms with Crippen LogP contribution in [0.1, 0.15) is 34.1 Å². The summed E-state index contributed by atoms with van der Waals surface area (Å²) < 4.78 is 39.6. The van der Waals surface area contributed by atoms with Crippen molar-refractivity contribution >= 4 is 17.9 Å². The molecule has 0 N–H and O–H groups in total. The largest absolute Gasteiger partial charge is 0.416 e. The van der Waals surface area contributed by atoms with Crippen LogP contribution in [0.2, 0.25) is 5.02 Å². The molecule has 2 unspecified atom stereocenters. The Kier molecular flexibility index (Phi) is 5.66. The van der Waals surface area contributed by atoms with Crippen molar-refractivity contribution in [2.24, 2.45) is 0 Å². The van der Waals surface area contributed by atoms with Gasteiger partial charge in [0.25, 0.3) is 0 Å². The molecule has 0 radical (unpaired) electrons. The van der Waals surface area contributed by atoms with E-state index in [1.807, 2.05) is 18.2 Å². The summed E-state index contributed by atoms with van der Waals surface area (Å²) in [6.07, 6.45) is -3.67. The van der Waals surface area contributed by atoms with E-state index in [-0.39, 0.29) is 0 Å². The minimum absolute atomic E-state index is 0.433. The first-order valence-electron chi connectivity index (χ1n) is 8.33. The average molecular weight is 389 g/mol. The van der Waals surface area contributed by atoms with E-state index in [0.717, 1.165) is 24.0 Å². The van der Waals surface area contributed by atoms with Crippen molar-refractivity contribution in [2.75, 3.05) is 0 Å². The van der Waals surface area contributed by atoms with Crippen LogP contribution in [-0.2, 0) is 11.0 Å². The second-order valence-corrected chi connectivity index (χ2v) is 6.66. The van der Waals surface area contributed by atoms with Gasteiger partial charge in [0.15, 0.2) is 0 Å². The van der Waals surface area contributed by atoms with Crippen LogP contribution in [-0.4, -0.2) is 6.29 Å². The molecule has 2 atom stereocenters. The predicted octanol–water partition coefficient (Wildman–Crippen LogP) is 6.47. The molecule has 0 heterocycles. The highest BCUT2D eigenvalue weighted by Gasteiger charge is 2.33. The Balaban J connectivity index is 2.15. The molecular weight excluding hydrogens is 373 g/mol. The normalized spacial score (nSPS) is 13.8. The van der Waals surface area contributed by atoms with E-state index in [1.54, 1.807) is 42.5 Å². The molecule has 3 rings (SSSR count). The summed E-state index contributed by atoms with van der Waals surface area (Å²) in [5.74, 6) is -1.19. The van der Waals surface area contributed by atoms with Gasteiger partial charge in [-0.3, -0.25) is 0 Å². The highest BCUT2D eigenvalue weighted by molar-refractivity contribution is 6.30. The first kappa shape index (κ1) is 19.2. The third kappa shape index (κ3) is 4.40. The fraction of sp³-hybridized carbons (Fsp3) is 0.136. The highest BCUT2D eigenvalue weighted by atomic mass is 35.5. The molecule has 0 bridgehead atoms. The summed E-state index contributed by atoms with van der Waals surface area (Å²) in [6.45, 7) is 0. The SMILES string of the molecule is O=CC(c1ccc(Cl)cc1)C(c1ccccc1)c1cccc(C(F)(F)F)c1. The van der Waals surface area contributed by atoms with Crippen LogP contribution in [0.5, 0.6) is 0 Å². The van der Waals surface area contributed by atoms with E-state index in [2.05, 4.69) is 0 Å². The van der Waals surface area contributed by atoms with Crippen molar-refractivity contribution in [2.45, 2.75) is 18.0 Å². The number of hydrogen-bond donors (Lipinski definition) is 0. The van der Waals surface area contributed by atoms with E-state index in [1.165, 1.54) is 6.07 Å². The standard InChI is InChI=1S/C22H16ClF3O/c23-19-11-9-15(10-12-19)20(14-27)21(16-5-2-1-3-6-16)17-7-4-8-18(13-17)22(24,25)26/h1-14,20-21H. The van der Waals surface area contributed by atoms with Crippen LogP contribution in [0.4, 0.5) is 13.2 Å².